The number of halogens is 4. The third-order valence-electron chi connectivity index (χ3n) is 1.52. The lowest BCUT2D eigenvalue weighted by molar-refractivity contribution is 0.145. The van der Waals surface area contributed by atoms with Crippen molar-refractivity contribution in [3.63, 3.8) is 0 Å². The van der Waals surface area contributed by atoms with Crippen molar-refractivity contribution in [1.82, 2.24) is 4.98 Å². The van der Waals surface area contributed by atoms with Gasteiger partial charge in [0.15, 0.2) is 5.03 Å². The molecule has 0 atom stereocenters. The van der Waals surface area contributed by atoms with E-state index in [1.807, 2.05) is 0 Å². The fraction of sp³-hybridized carbons (Fsp3) is 0.143. The SMILES string of the molecule is N#Cc1c(I)cc(C(F)F)nc1S(=O)(=O)Cl. The Morgan fingerprint density at radius 1 is 1.56 bits per heavy atom. The van der Waals surface area contributed by atoms with Crippen LogP contribution in [0.2, 0.25) is 0 Å². The van der Waals surface area contributed by atoms with E-state index in [-0.39, 0.29) is 9.13 Å². The van der Waals surface area contributed by atoms with Gasteiger partial charge in [0.2, 0.25) is 0 Å². The maximum atomic E-state index is 12.4. The molecule has 1 aromatic heterocycles. The molecule has 0 unspecified atom stereocenters. The molecule has 0 spiro atoms. The number of alkyl halides is 2. The van der Waals surface area contributed by atoms with Gasteiger partial charge < -0.3 is 0 Å². The summed E-state index contributed by atoms with van der Waals surface area (Å²) >= 11 is 1.57. The summed E-state index contributed by atoms with van der Waals surface area (Å²) in [7, 11) is 0.678. The lowest BCUT2D eigenvalue weighted by atomic mass is 10.3. The Morgan fingerprint density at radius 2 is 2.12 bits per heavy atom. The highest BCUT2D eigenvalue weighted by Crippen LogP contribution is 2.26. The second-order valence-electron chi connectivity index (χ2n) is 2.56. The van der Waals surface area contributed by atoms with Crippen molar-refractivity contribution in [2.45, 2.75) is 11.5 Å². The van der Waals surface area contributed by atoms with E-state index in [2.05, 4.69) is 4.98 Å². The van der Waals surface area contributed by atoms with Crippen molar-refractivity contribution in [3.8, 4) is 6.07 Å². The van der Waals surface area contributed by atoms with Crippen LogP contribution in [0, 0.1) is 14.9 Å². The van der Waals surface area contributed by atoms with Crippen LogP contribution in [0.1, 0.15) is 17.7 Å². The molecule has 4 nitrogen and oxygen atoms in total. The third kappa shape index (κ3) is 2.78. The van der Waals surface area contributed by atoms with Gasteiger partial charge in [0.05, 0.1) is 0 Å². The number of hydrogen-bond donors (Lipinski definition) is 0. The van der Waals surface area contributed by atoms with Gasteiger partial charge in [-0.2, -0.15) is 5.26 Å². The molecule has 0 aliphatic rings. The van der Waals surface area contributed by atoms with Crippen molar-refractivity contribution >= 4 is 42.3 Å². The van der Waals surface area contributed by atoms with E-state index in [4.69, 9.17) is 15.9 Å². The Balaban J connectivity index is 3.64. The van der Waals surface area contributed by atoms with Crippen molar-refractivity contribution in [1.29, 1.82) is 5.26 Å². The molecular weight excluding hydrogens is 377 g/mol. The molecule has 0 fully saturated rings. The predicted octanol–water partition coefficient (Wildman–Crippen LogP) is 2.42. The van der Waals surface area contributed by atoms with Gasteiger partial charge in [0.25, 0.3) is 15.5 Å². The van der Waals surface area contributed by atoms with E-state index in [0.717, 1.165) is 6.07 Å². The maximum absolute atomic E-state index is 12.4. The summed E-state index contributed by atoms with van der Waals surface area (Å²) in [6.45, 7) is 0. The molecule has 0 N–H and O–H groups in total. The smallest absolute Gasteiger partial charge is 0.233 e. The maximum Gasteiger partial charge on any atom is 0.280 e. The number of hydrogen-bond acceptors (Lipinski definition) is 4. The van der Waals surface area contributed by atoms with Crippen LogP contribution in [0.3, 0.4) is 0 Å². The molecule has 16 heavy (non-hydrogen) atoms. The zero-order chi connectivity index (χ0) is 12.5. The van der Waals surface area contributed by atoms with Gasteiger partial charge in [-0.25, -0.2) is 22.2 Å². The van der Waals surface area contributed by atoms with E-state index in [9.17, 15) is 17.2 Å². The largest absolute Gasteiger partial charge is 0.280 e. The van der Waals surface area contributed by atoms with E-state index < -0.39 is 26.2 Å². The fourth-order valence-electron chi connectivity index (χ4n) is 0.899. The first kappa shape index (κ1) is 13.5. The zero-order valence-electron chi connectivity index (χ0n) is 7.29. The molecule has 0 aliphatic heterocycles. The first-order valence-electron chi connectivity index (χ1n) is 3.60. The van der Waals surface area contributed by atoms with E-state index in [0.29, 0.717) is 0 Å². The Kier molecular flexibility index (Phi) is 4.03. The van der Waals surface area contributed by atoms with Crippen LogP contribution in [0.4, 0.5) is 8.78 Å². The summed E-state index contributed by atoms with van der Waals surface area (Å²) in [6.07, 6.45) is -2.93. The van der Waals surface area contributed by atoms with Gasteiger partial charge in [-0.3, -0.25) is 0 Å². The molecule has 0 amide bonds. The minimum atomic E-state index is -4.32. The molecule has 0 radical (unpaired) electrons. The van der Waals surface area contributed by atoms with Crippen LogP contribution in [0.15, 0.2) is 11.1 Å². The average Bonchev–Trinajstić information content (AvgIpc) is 2.14. The molecule has 1 heterocycles. The highest BCUT2D eigenvalue weighted by Gasteiger charge is 2.23. The molecule has 0 aromatic carbocycles. The molecular formula is C7H2ClF2IN2O2S. The van der Waals surface area contributed by atoms with Gasteiger partial charge >= 0.3 is 0 Å². The topological polar surface area (TPSA) is 70.8 Å². The molecule has 0 saturated heterocycles. The van der Waals surface area contributed by atoms with Crippen LogP contribution in [-0.4, -0.2) is 13.4 Å². The summed E-state index contributed by atoms with van der Waals surface area (Å²) in [5.41, 5.74) is -1.07. The predicted molar refractivity (Wildman–Crippen MR) is 59.7 cm³/mol. The number of nitriles is 1. The minimum Gasteiger partial charge on any atom is -0.233 e. The third-order valence-corrected chi connectivity index (χ3v) is 3.57. The monoisotopic (exact) mass is 378 g/mol. The molecule has 0 saturated carbocycles. The normalized spacial score (nSPS) is 11.5. The number of rotatable bonds is 2. The summed E-state index contributed by atoms with van der Waals surface area (Å²) in [5.74, 6) is 0. The van der Waals surface area contributed by atoms with Crippen LogP contribution >= 0.6 is 33.3 Å². The van der Waals surface area contributed by atoms with Gasteiger partial charge in [-0.1, -0.05) is 0 Å². The highest BCUT2D eigenvalue weighted by molar-refractivity contribution is 14.1. The summed E-state index contributed by atoms with van der Waals surface area (Å²) in [4.78, 5) is 3.18. The Morgan fingerprint density at radius 3 is 2.50 bits per heavy atom. The Bertz CT molecular complexity index is 570. The molecule has 0 aliphatic carbocycles. The second-order valence-corrected chi connectivity index (χ2v) is 6.20. The summed E-state index contributed by atoms with van der Waals surface area (Å²) < 4.78 is 46.9. The lowest BCUT2D eigenvalue weighted by Crippen LogP contribution is -2.05. The van der Waals surface area contributed by atoms with Gasteiger partial charge in [0, 0.05) is 14.3 Å². The quantitative estimate of drug-likeness (QED) is 0.585. The van der Waals surface area contributed by atoms with Crippen molar-refractivity contribution < 1.29 is 17.2 Å². The molecule has 9 heteroatoms. The van der Waals surface area contributed by atoms with E-state index in [1.54, 1.807) is 28.7 Å². The summed E-state index contributed by atoms with van der Waals surface area (Å²) in [5, 5.41) is 7.85. The molecule has 1 rings (SSSR count). The van der Waals surface area contributed by atoms with Gasteiger partial charge in [-0.05, 0) is 28.7 Å². The highest BCUT2D eigenvalue weighted by atomic mass is 127. The number of nitrogens with zero attached hydrogens (tertiary/aromatic N) is 2. The minimum absolute atomic E-state index is 0.0598. The lowest BCUT2D eigenvalue weighted by Gasteiger charge is -2.05. The first-order valence-corrected chi connectivity index (χ1v) is 6.99. The van der Waals surface area contributed by atoms with E-state index in [1.165, 1.54) is 0 Å². The second kappa shape index (κ2) is 4.77. The number of aromatic nitrogens is 1. The first-order chi connectivity index (χ1) is 7.27. The molecule has 0 bridgehead atoms. The Labute approximate surface area is 108 Å². The van der Waals surface area contributed by atoms with Crippen molar-refractivity contribution in [2.75, 3.05) is 0 Å². The summed E-state index contributed by atoms with van der Waals surface area (Å²) in [6, 6.07) is 2.50. The van der Waals surface area contributed by atoms with Crippen LogP contribution in [0.5, 0.6) is 0 Å². The zero-order valence-corrected chi connectivity index (χ0v) is 11.0. The van der Waals surface area contributed by atoms with Gasteiger partial charge in [0.1, 0.15) is 17.3 Å². The average molecular weight is 379 g/mol. The van der Waals surface area contributed by atoms with Crippen LogP contribution in [-0.2, 0) is 9.05 Å². The van der Waals surface area contributed by atoms with Gasteiger partial charge in [-0.15, -0.1) is 0 Å². The van der Waals surface area contributed by atoms with Crippen molar-refractivity contribution in [3.05, 3.63) is 20.9 Å². The molecule has 1 aromatic rings. The van der Waals surface area contributed by atoms with E-state index >= 15 is 0 Å². The van der Waals surface area contributed by atoms with Crippen molar-refractivity contribution in [2.24, 2.45) is 0 Å². The van der Waals surface area contributed by atoms with Crippen LogP contribution < -0.4 is 0 Å². The van der Waals surface area contributed by atoms with Crippen LogP contribution in [0.25, 0.3) is 0 Å². The molecule has 86 valence electrons. The Hall–Kier alpha value is -0.530. The fourth-order valence-corrected chi connectivity index (χ4v) is 2.73. The standard InChI is InChI=1S/C7H2ClF2IN2O2S/c8-16(14,15)7-3(2-12)4(11)1-5(13-7)6(9)10/h1,6H. The number of pyridine rings is 1.